The first-order chi connectivity index (χ1) is 10.8. The fraction of sp³-hybridized carbons (Fsp3) is 0.933. The molecule has 8 heteroatoms. The molecule has 1 atom stereocenters. The van der Waals surface area contributed by atoms with E-state index in [1.807, 2.05) is 6.92 Å². The summed E-state index contributed by atoms with van der Waals surface area (Å²) < 4.78 is 42.3. The highest BCUT2D eigenvalue weighted by Gasteiger charge is 2.32. The van der Waals surface area contributed by atoms with Gasteiger partial charge in [0.1, 0.15) is 0 Å². The van der Waals surface area contributed by atoms with Gasteiger partial charge in [0.15, 0.2) is 0 Å². The van der Waals surface area contributed by atoms with Crippen molar-refractivity contribution in [1.29, 1.82) is 0 Å². The van der Waals surface area contributed by atoms with E-state index in [2.05, 4.69) is 5.32 Å². The average molecular weight is 337 g/mol. The van der Waals surface area contributed by atoms with E-state index >= 15 is 0 Å². The molecule has 0 saturated carbocycles. The van der Waals surface area contributed by atoms with Crippen molar-refractivity contribution in [2.45, 2.75) is 38.4 Å². The van der Waals surface area contributed by atoms with Crippen molar-refractivity contribution in [3.63, 3.8) is 0 Å². The first-order valence-corrected chi connectivity index (χ1v) is 8.26. The van der Waals surface area contributed by atoms with E-state index in [4.69, 9.17) is 4.74 Å². The number of likely N-dealkylation sites (tertiary alicyclic amines) is 1. The molecule has 2 heterocycles. The number of ether oxygens (including phenoxy) is 1. The van der Waals surface area contributed by atoms with Crippen LogP contribution in [0.15, 0.2) is 0 Å². The fourth-order valence-electron chi connectivity index (χ4n) is 3.20. The topological polar surface area (TPSA) is 44.8 Å². The van der Waals surface area contributed by atoms with Gasteiger partial charge in [-0.3, -0.25) is 4.90 Å². The summed E-state index contributed by atoms with van der Waals surface area (Å²) in [5, 5.41) is 2.92. The molecule has 134 valence electrons. The van der Waals surface area contributed by atoms with Crippen LogP contribution in [-0.2, 0) is 4.74 Å². The Morgan fingerprint density at radius 1 is 1.26 bits per heavy atom. The molecule has 23 heavy (non-hydrogen) atoms. The number of nitrogens with one attached hydrogen (secondary N) is 1. The first kappa shape index (κ1) is 18.3. The van der Waals surface area contributed by atoms with Crippen LogP contribution in [0.5, 0.6) is 0 Å². The van der Waals surface area contributed by atoms with Crippen LogP contribution >= 0.6 is 0 Å². The lowest BCUT2D eigenvalue weighted by Gasteiger charge is -2.34. The Labute approximate surface area is 135 Å². The molecule has 0 spiro atoms. The molecule has 5 nitrogen and oxygen atoms in total. The number of rotatable bonds is 4. The number of hydrogen-bond donors (Lipinski definition) is 1. The number of nitrogens with zero attached hydrogens (tertiary/aromatic N) is 2. The van der Waals surface area contributed by atoms with E-state index < -0.39 is 12.7 Å². The minimum Gasteiger partial charge on any atom is -0.377 e. The summed E-state index contributed by atoms with van der Waals surface area (Å²) in [6.07, 6.45) is -1.76. The summed E-state index contributed by atoms with van der Waals surface area (Å²) in [7, 11) is 0. The van der Waals surface area contributed by atoms with E-state index in [0.29, 0.717) is 45.3 Å². The lowest BCUT2D eigenvalue weighted by molar-refractivity contribution is -0.148. The summed E-state index contributed by atoms with van der Waals surface area (Å²) in [5.74, 6) is 0.391. The Hall–Kier alpha value is -1.02. The third kappa shape index (κ3) is 6.18. The molecule has 2 fully saturated rings. The standard InChI is InChI=1S/C15H26F3N3O2/c1-12-10-23-9-8-21(12)14(22)19-5-2-13-3-6-20(7-4-13)11-15(16,17)18/h12-13H,2-11H2,1H3,(H,19,22)/t12-/m1/s1. The van der Waals surface area contributed by atoms with Gasteiger partial charge in [0.05, 0.1) is 25.8 Å². The molecule has 0 bridgehead atoms. The quantitative estimate of drug-likeness (QED) is 0.854. The Morgan fingerprint density at radius 2 is 1.96 bits per heavy atom. The van der Waals surface area contributed by atoms with Crippen LogP contribution in [0.25, 0.3) is 0 Å². The molecule has 0 aliphatic carbocycles. The van der Waals surface area contributed by atoms with Gasteiger partial charge in [0, 0.05) is 13.1 Å². The van der Waals surface area contributed by atoms with Gasteiger partial charge < -0.3 is 15.0 Å². The summed E-state index contributed by atoms with van der Waals surface area (Å²) in [6.45, 7) is 4.41. The van der Waals surface area contributed by atoms with Gasteiger partial charge in [0.25, 0.3) is 0 Å². The van der Waals surface area contributed by atoms with Crippen molar-refractivity contribution >= 4 is 6.03 Å². The minimum absolute atomic E-state index is 0.0738. The minimum atomic E-state index is -4.12. The molecule has 2 aliphatic rings. The number of urea groups is 1. The number of alkyl halides is 3. The number of carbonyl (C=O) groups excluding carboxylic acids is 1. The van der Waals surface area contributed by atoms with Crippen LogP contribution in [0, 0.1) is 5.92 Å². The Balaban J connectivity index is 1.61. The van der Waals surface area contributed by atoms with Crippen LogP contribution in [0.2, 0.25) is 0 Å². The van der Waals surface area contributed by atoms with Crippen LogP contribution in [-0.4, -0.2) is 74.0 Å². The van der Waals surface area contributed by atoms with E-state index in [-0.39, 0.29) is 12.1 Å². The predicted octanol–water partition coefficient (Wildman–Crippen LogP) is 2.08. The average Bonchev–Trinajstić information content (AvgIpc) is 2.48. The van der Waals surface area contributed by atoms with Gasteiger partial charge in [0.2, 0.25) is 0 Å². The summed E-state index contributed by atoms with van der Waals surface area (Å²) >= 11 is 0. The van der Waals surface area contributed by atoms with Gasteiger partial charge >= 0.3 is 12.2 Å². The molecule has 2 aliphatic heterocycles. The number of carbonyl (C=O) groups is 1. The van der Waals surface area contributed by atoms with Gasteiger partial charge in [-0.25, -0.2) is 4.79 Å². The number of piperidine rings is 1. The van der Waals surface area contributed by atoms with Crippen molar-refractivity contribution in [2.24, 2.45) is 5.92 Å². The van der Waals surface area contributed by atoms with E-state index in [0.717, 1.165) is 19.3 Å². The zero-order valence-electron chi connectivity index (χ0n) is 13.6. The lowest BCUT2D eigenvalue weighted by Crippen LogP contribution is -2.51. The largest absolute Gasteiger partial charge is 0.401 e. The number of halogens is 3. The maximum Gasteiger partial charge on any atom is 0.401 e. The summed E-state index contributed by atoms with van der Waals surface area (Å²) in [4.78, 5) is 15.3. The second kappa shape index (κ2) is 8.19. The van der Waals surface area contributed by atoms with Crippen molar-refractivity contribution < 1.29 is 22.7 Å². The van der Waals surface area contributed by atoms with Gasteiger partial charge in [-0.2, -0.15) is 13.2 Å². The fourth-order valence-corrected chi connectivity index (χ4v) is 3.20. The number of morpholine rings is 1. The monoisotopic (exact) mass is 337 g/mol. The summed E-state index contributed by atoms with van der Waals surface area (Å²) in [5.41, 5.74) is 0. The van der Waals surface area contributed by atoms with E-state index in [1.54, 1.807) is 4.90 Å². The third-order valence-corrected chi connectivity index (χ3v) is 4.57. The highest BCUT2D eigenvalue weighted by atomic mass is 19.4. The Bertz CT molecular complexity index is 385. The Kier molecular flexibility index (Phi) is 6.52. The Morgan fingerprint density at radius 3 is 2.57 bits per heavy atom. The maximum atomic E-state index is 12.3. The molecule has 0 aromatic carbocycles. The molecular weight excluding hydrogens is 311 g/mol. The van der Waals surface area contributed by atoms with Crippen LogP contribution in [0.3, 0.4) is 0 Å². The highest BCUT2D eigenvalue weighted by Crippen LogP contribution is 2.24. The normalized spacial score (nSPS) is 24.7. The maximum absolute atomic E-state index is 12.3. The van der Waals surface area contributed by atoms with Crippen molar-refractivity contribution in [3.8, 4) is 0 Å². The molecule has 0 aromatic heterocycles. The van der Waals surface area contributed by atoms with Crippen molar-refractivity contribution in [1.82, 2.24) is 15.1 Å². The predicted molar refractivity (Wildman–Crippen MR) is 80.2 cm³/mol. The van der Waals surface area contributed by atoms with Crippen LogP contribution < -0.4 is 5.32 Å². The van der Waals surface area contributed by atoms with Crippen LogP contribution in [0.4, 0.5) is 18.0 Å². The molecule has 2 saturated heterocycles. The molecule has 1 N–H and O–H groups in total. The smallest absolute Gasteiger partial charge is 0.377 e. The van der Waals surface area contributed by atoms with Crippen LogP contribution in [0.1, 0.15) is 26.2 Å². The zero-order chi connectivity index (χ0) is 16.9. The molecule has 2 rings (SSSR count). The lowest BCUT2D eigenvalue weighted by atomic mass is 9.93. The second-order valence-corrected chi connectivity index (χ2v) is 6.47. The number of hydrogen-bond acceptors (Lipinski definition) is 3. The van der Waals surface area contributed by atoms with Gasteiger partial charge in [-0.05, 0) is 45.2 Å². The van der Waals surface area contributed by atoms with Gasteiger partial charge in [-0.15, -0.1) is 0 Å². The number of amides is 2. The van der Waals surface area contributed by atoms with Gasteiger partial charge in [-0.1, -0.05) is 0 Å². The highest BCUT2D eigenvalue weighted by molar-refractivity contribution is 5.74. The molecule has 0 radical (unpaired) electrons. The molecule has 0 aromatic rings. The molecule has 2 amide bonds. The third-order valence-electron chi connectivity index (χ3n) is 4.57. The SMILES string of the molecule is C[C@@H]1COCCN1C(=O)NCCC1CCN(CC(F)(F)F)CC1. The zero-order valence-corrected chi connectivity index (χ0v) is 13.6. The van der Waals surface area contributed by atoms with E-state index in [9.17, 15) is 18.0 Å². The molecule has 0 unspecified atom stereocenters. The van der Waals surface area contributed by atoms with Crippen molar-refractivity contribution in [2.75, 3.05) is 45.9 Å². The molecular formula is C15H26F3N3O2. The first-order valence-electron chi connectivity index (χ1n) is 8.26. The second-order valence-electron chi connectivity index (χ2n) is 6.47. The van der Waals surface area contributed by atoms with E-state index in [1.165, 1.54) is 4.90 Å². The van der Waals surface area contributed by atoms with Crippen molar-refractivity contribution in [3.05, 3.63) is 0 Å². The summed E-state index contributed by atoms with van der Waals surface area (Å²) in [6, 6.07) is 0.00432.